The van der Waals surface area contributed by atoms with Gasteiger partial charge in [-0.1, -0.05) is 13.8 Å². The van der Waals surface area contributed by atoms with Gasteiger partial charge in [0.15, 0.2) is 5.96 Å². The maximum absolute atomic E-state index is 12.3. The number of hydrogen-bond acceptors (Lipinski definition) is 4. The van der Waals surface area contributed by atoms with E-state index >= 15 is 0 Å². The third kappa shape index (κ3) is 8.16. The maximum Gasteiger partial charge on any atom is 0.410 e. The van der Waals surface area contributed by atoms with Crippen molar-refractivity contribution in [2.45, 2.75) is 58.3 Å². The molecule has 2 aliphatic rings. The molecule has 6 nitrogen and oxygen atoms in total. The summed E-state index contributed by atoms with van der Waals surface area (Å²) in [5, 5.41) is 4.23. The van der Waals surface area contributed by atoms with Gasteiger partial charge in [0.05, 0.1) is 0 Å². The van der Waals surface area contributed by atoms with Crippen molar-refractivity contribution in [2.24, 2.45) is 16.8 Å². The summed E-state index contributed by atoms with van der Waals surface area (Å²) < 4.78 is 5.53. The van der Waals surface area contributed by atoms with E-state index in [1.807, 2.05) is 32.7 Å². The van der Waals surface area contributed by atoms with Gasteiger partial charge in [0.25, 0.3) is 0 Å². The van der Waals surface area contributed by atoms with Crippen LogP contribution in [0.3, 0.4) is 0 Å². The molecule has 0 spiro atoms. The summed E-state index contributed by atoms with van der Waals surface area (Å²) in [7, 11) is 1.86. The molecule has 2 rings (SSSR count). The first-order valence-corrected chi connectivity index (χ1v) is 11.3. The first-order valence-electron chi connectivity index (χ1n) is 10.2. The number of piperidine rings is 1. The van der Waals surface area contributed by atoms with Crippen molar-refractivity contribution in [1.29, 1.82) is 0 Å². The van der Waals surface area contributed by atoms with Crippen LogP contribution in [0.2, 0.25) is 0 Å². The molecule has 8 heteroatoms. The average molecular weight is 527 g/mol. The Balaban J connectivity index is 0.00000392. The number of nitrogens with one attached hydrogen (secondary N) is 1. The molecule has 0 aromatic carbocycles. The van der Waals surface area contributed by atoms with E-state index in [9.17, 15) is 4.79 Å². The largest absolute Gasteiger partial charge is 0.444 e. The molecule has 2 heterocycles. The van der Waals surface area contributed by atoms with Gasteiger partial charge in [0.1, 0.15) is 5.60 Å². The molecule has 164 valence electrons. The van der Waals surface area contributed by atoms with Gasteiger partial charge in [-0.15, -0.1) is 24.0 Å². The van der Waals surface area contributed by atoms with E-state index < -0.39 is 5.60 Å². The third-order valence-electron chi connectivity index (χ3n) is 5.07. The van der Waals surface area contributed by atoms with Crippen LogP contribution >= 0.6 is 35.7 Å². The number of thioether (sulfide) groups is 1. The lowest BCUT2D eigenvalue weighted by Gasteiger charge is -2.38. The minimum absolute atomic E-state index is 0. The monoisotopic (exact) mass is 526 g/mol. The van der Waals surface area contributed by atoms with Gasteiger partial charge in [-0.2, -0.15) is 11.8 Å². The average Bonchev–Trinajstić information content (AvgIpc) is 2.61. The zero-order valence-corrected chi connectivity index (χ0v) is 21.5. The van der Waals surface area contributed by atoms with Crippen LogP contribution < -0.4 is 5.32 Å². The van der Waals surface area contributed by atoms with Crippen LogP contribution in [0.1, 0.15) is 47.5 Å². The summed E-state index contributed by atoms with van der Waals surface area (Å²) in [6.45, 7) is 14.8. The SMILES string of the molecule is CN=C(NCC1CCCN(C(=O)OC(C)(C)C)C1)N1CCSC(C(C)C)C1.I. The molecule has 1 amide bonds. The third-order valence-corrected chi connectivity index (χ3v) is 6.61. The van der Waals surface area contributed by atoms with Gasteiger partial charge in [-0.25, -0.2) is 4.79 Å². The first kappa shape index (κ1) is 25.7. The standard InChI is InChI=1S/C20H38N4O2S.HI/c1-15(2)17-14-23(10-11-27-17)18(21-6)22-12-16-8-7-9-24(13-16)19(25)26-20(3,4)5;/h15-17H,7-14H2,1-6H3,(H,21,22);1H. The molecular formula is C20H39IN4O2S. The molecule has 2 fully saturated rings. The fourth-order valence-corrected chi connectivity index (χ4v) is 4.86. The molecule has 2 saturated heterocycles. The van der Waals surface area contributed by atoms with Gasteiger partial charge in [-0.3, -0.25) is 4.99 Å². The molecule has 2 unspecified atom stereocenters. The number of aliphatic imine (C=N–C) groups is 1. The molecule has 0 radical (unpaired) electrons. The van der Waals surface area contributed by atoms with Gasteiger partial charge in [0.2, 0.25) is 0 Å². The fraction of sp³-hybridized carbons (Fsp3) is 0.900. The van der Waals surface area contributed by atoms with Crippen molar-refractivity contribution in [2.75, 3.05) is 45.5 Å². The van der Waals surface area contributed by atoms with Gasteiger partial charge in [0, 0.05) is 50.8 Å². The number of halogens is 1. The Hall–Kier alpha value is -0.380. The number of hydrogen-bond donors (Lipinski definition) is 1. The molecule has 0 bridgehead atoms. The second kappa shape index (κ2) is 11.7. The summed E-state index contributed by atoms with van der Waals surface area (Å²) in [4.78, 5) is 21.1. The lowest BCUT2D eigenvalue weighted by Crippen LogP contribution is -2.51. The van der Waals surface area contributed by atoms with Crippen LogP contribution in [0.15, 0.2) is 4.99 Å². The van der Waals surface area contributed by atoms with Crippen molar-refractivity contribution in [3.8, 4) is 0 Å². The molecule has 28 heavy (non-hydrogen) atoms. The molecule has 2 aliphatic heterocycles. The molecule has 0 aromatic rings. The number of ether oxygens (including phenoxy) is 1. The van der Waals surface area contributed by atoms with Crippen LogP contribution in [0, 0.1) is 11.8 Å². The summed E-state index contributed by atoms with van der Waals surface area (Å²) in [5.41, 5.74) is -0.441. The van der Waals surface area contributed by atoms with E-state index in [1.165, 1.54) is 0 Å². The van der Waals surface area contributed by atoms with Crippen molar-refractivity contribution in [1.82, 2.24) is 15.1 Å². The van der Waals surface area contributed by atoms with Crippen LogP contribution in [0.25, 0.3) is 0 Å². The molecule has 0 aromatic heterocycles. The fourth-order valence-electron chi connectivity index (χ4n) is 3.56. The number of carbonyl (C=O) groups is 1. The van der Waals surface area contributed by atoms with E-state index in [0.29, 0.717) is 17.1 Å². The van der Waals surface area contributed by atoms with Gasteiger partial charge < -0.3 is 19.9 Å². The molecule has 2 atom stereocenters. The topological polar surface area (TPSA) is 57.2 Å². The number of likely N-dealkylation sites (tertiary alicyclic amines) is 1. The highest BCUT2D eigenvalue weighted by Crippen LogP contribution is 2.25. The molecule has 1 N–H and O–H groups in total. The molecular weight excluding hydrogens is 487 g/mol. The number of rotatable bonds is 3. The van der Waals surface area contributed by atoms with Gasteiger partial charge >= 0.3 is 6.09 Å². The van der Waals surface area contributed by atoms with Crippen LogP contribution in [-0.2, 0) is 4.74 Å². The van der Waals surface area contributed by atoms with Gasteiger partial charge in [-0.05, 0) is 45.4 Å². The minimum atomic E-state index is -0.441. The summed E-state index contributed by atoms with van der Waals surface area (Å²) in [6, 6.07) is 0. The first-order chi connectivity index (χ1) is 12.7. The Morgan fingerprint density at radius 2 is 1.96 bits per heavy atom. The van der Waals surface area contributed by atoms with Crippen molar-refractivity contribution < 1.29 is 9.53 Å². The van der Waals surface area contributed by atoms with Crippen LogP contribution in [-0.4, -0.2) is 78.2 Å². The van der Waals surface area contributed by atoms with Crippen molar-refractivity contribution in [3.63, 3.8) is 0 Å². The number of carbonyl (C=O) groups excluding carboxylic acids is 1. The Morgan fingerprint density at radius 3 is 2.57 bits per heavy atom. The predicted molar refractivity (Wildman–Crippen MR) is 130 cm³/mol. The Bertz CT molecular complexity index is 525. The van der Waals surface area contributed by atoms with E-state index in [-0.39, 0.29) is 30.1 Å². The Morgan fingerprint density at radius 1 is 1.25 bits per heavy atom. The van der Waals surface area contributed by atoms with E-state index in [1.54, 1.807) is 0 Å². The summed E-state index contributed by atoms with van der Waals surface area (Å²) in [5.74, 6) is 3.26. The molecule has 0 saturated carbocycles. The maximum atomic E-state index is 12.3. The second-order valence-corrected chi connectivity index (χ2v) is 10.3. The number of nitrogens with zero attached hydrogens (tertiary/aromatic N) is 3. The van der Waals surface area contributed by atoms with E-state index in [0.717, 1.165) is 57.3 Å². The molecule has 0 aliphatic carbocycles. The zero-order chi connectivity index (χ0) is 20.0. The highest BCUT2D eigenvalue weighted by molar-refractivity contribution is 14.0. The number of guanidine groups is 1. The zero-order valence-electron chi connectivity index (χ0n) is 18.4. The van der Waals surface area contributed by atoms with Crippen LogP contribution in [0.5, 0.6) is 0 Å². The Labute approximate surface area is 192 Å². The highest BCUT2D eigenvalue weighted by Gasteiger charge is 2.29. The lowest BCUT2D eigenvalue weighted by atomic mass is 9.98. The minimum Gasteiger partial charge on any atom is -0.444 e. The Kier molecular flexibility index (Phi) is 10.7. The second-order valence-electron chi connectivity index (χ2n) is 8.96. The lowest BCUT2D eigenvalue weighted by molar-refractivity contribution is 0.0168. The number of amides is 1. The smallest absolute Gasteiger partial charge is 0.410 e. The summed E-state index contributed by atoms with van der Waals surface area (Å²) >= 11 is 2.07. The predicted octanol–water partition coefficient (Wildman–Crippen LogP) is 3.90. The summed E-state index contributed by atoms with van der Waals surface area (Å²) in [6.07, 6.45) is 1.97. The normalized spacial score (nSPS) is 24.0. The van der Waals surface area contributed by atoms with Crippen LogP contribution in [0.4, 0.5) is 4.79 Å². The highest BCUT2D eigenvalue weighted by atomic mass is 127. The van der Waals surface area contributed by atoms with Crippen molar-refractivity contribution >= 4 is 47.8 Å². The quantitative estimate of drug-likeness (QED) is 0.344. The van der Waals surface area contributed by atoms with E-state index in [4.69, 9.17) is 4.74 Å². The van der Waals surface area contributed by atoms with E-state index in [2.05, 4.69) is 40.8 Å². The van der Waals surface area contributed by atoms with Crippen molar-refractivity contribution in [3.05, 3.63) is 0 Å².